The van der Waals surface area contributed by atoms with E-state index >= 15 is 0 Å². The van der Waals surface area contributed by atoms with Crippen LogP contribution in [0.5, 0.6) is 0 Å². The lowest BCUT2D eigenvalue weighted by atomic mass is 10.1. The molecular formula is C25H25N7O3. The van der Waals surface area contributed by atoms with Crippen molar-refractivity contribution in [2.24, 2.45) is 0 Å². The number of aromatic nitrogens is 4. The van der Waals surface area contributed by atoms with E-state index < -0.39 is 6.09 Å². The largest absolute Gasteiger partial charge is 0.453 e. The minimum atomic E-state index is -0.602. The zero-order valence-corrected chi connectivity index (χ0v) is 19.2. The van der Waals surface area contributed by atoms with Crippen molar-refractivity contribution in [3.8, 4) is 11.4 Å². The average Bonchev–Trinajstić information content (AvgIpc) is 3.60. The fraction of sp³-hybridized carbons (Fsp3) is 0.240. The molecule has 0 radical (unpaired) electrons. The summed E-state index contributed by atoms with van der Waals surface area (Å²) in [5.41, 5.74) is 1.51. The van der Waals surface area contributed by atoms with Gasteiger partial charge in [-0.25, -0.2) is 19.6 Å². The number of nitrogens with one attached hydrogen (secondary N) is 2. The van der Waals surface area contributed by atoms with Gasteiger partial charge in [0.25, 0.3) is 0 Å². The summed E-state index contributed by atoms with van der Waals surface area (Å²) in [7, 11) is 1.29. The van der Waals surface area contributed by atoms with Gasteiger partial charge in [0.1, 0.15) is 12.1 Å². The molecule has 4 aromatic rings. The molecular weight excluding hydrogens is 446 g/mol. The maximum absolute atomic E-state index is 13.2. The summed E-state index contributed by atoms with van der Waals surface area (Å²) in [4.78, 5) is 34.9. The lowest BCUT2D eigenvalue weighted by Crippen LogP contribution is -2.39. The number of ether oxygens (including phenoxy) is 1. The highest BCUT2D eigenvalue weighted by Gasteiger charge is 2.32. The van der Waals surface area contributed by atoms with Crippen LogP contribution in [0.3, 0.4) is 0 Å². The predicted molar refractivity (Wildman–Crippen MR) is 132 cm³/mol. The number of anilines is 2. The molecule has 0 aliphatic heterocycles. The van der Waals surface area contributed by atoms with Gasteiger partial charge in [-0.3, -0.25) is 10.00 Å². The van der Waals surface area contributed by atoms with Gasteiger partial charge in [-0.05, 0) is 36.4 Å². The summed E-state index contributed by atoms with van der Waals surface area (Å²) in [6, 6.07) is 17.4. The molecule has 0 saturated heterocycles. The zero-order chi connectivity index (χ0) is 24.2. The van der Waals surface area contributed by atoms with Crippen LogP contribution in [0.15, 0.2) is 67.1 Å². The zero-order valence-electron chi connectivity index (χ0n) is 19.2. The van der Waals surface area contributed by atoms with Crippen molar-refractivity contribution >= 4 is 34.4 Å². The molecule has 5 rings (SSSR count). The maximum atomic E-state index is 13.2. The van der Waals surface area contributed by atoms with Crippen LogP contribution in [-0.2, 0) is 11.3 Å². The first-order valence-corrected chi connectivity index (χ1v) is 11.4. The van der Waals surface area contributed by atoms with E-state index in [4.69, 9.17) is 0 Å². The van der Waals surface area contributed by atoms with Crippen LogP contribution in [0.2, 0.25) is 0 Å². The molecule has 1 aliphatic carbocycles. The Labute approximate surface area is 201 Å². The minimum Gasteiger partial charge on any atom is -0.453 e. The first-order chi connectivity index (χ1) is 17.1. The van der Waals surface area contributed by atoms with E-state index in [9.17, 15) is 9.59 Å². The lowest BCUT2D eigenvalue weighted by Gasteiger charge is -2.23. The third kappa shape index (κ3) is 5.21. The van der Waals surface area contributed by atoms with Crippen LogP contribution < -0.4 is 10.6 Å². The van der Waals surface area contributed by atoms with Gasteiger partial charge in [-0.1, -0.05) is 36.4 Å². The van der Waals surface area contributed by atoms with Gasteiger partial charge in [0.2, 0.25) is 0 Å². The van der Waals surface area contributed by atoms with E-state index in [1.54, 1.807) is 29.3 Å². The Balaban J connectivity index is 1.25. The number of amides is 3. The molecule has 2 heterocycles. The second-order valence-electron chi connectivity index (χ2n) is 8.26. The summed E-state index contributed by atoms with van der Waals surface area (Å²) in [5, 5.41) is 12.2. The first kappa shape index (κ1) is 22.3. The van der Waals surface area contributed by atoms with Crippen LogP contribution in [0.1, 0.15) is 12.8 Å². The highest BCUT2D eigenvalue weighted by atomic mass is 16.5. The van der Waals surface area contributed by atoms with Crippen molar-refractivity contribution in [2.45, 2.75) is 25.4 Å². The third-order valence-corrected chi connectivity index (χ3v) is 5.82. The first-order valence-electron chi connectivity index (χ1n) is 11.4. The van der Waals surface area contributed by atoms with E-state index in [1.165, 1.54) is 7.11 Å². The van der Waals surface area contributed by atoms with Crippen LogP contribution in [0, 0.1) is 0 Å². The SMILES string of the molecule is COC(=O)Nc1cc(-c2ncn(CCN(C(=O)Nc3cccc4ccccc34)C3CC3)n2)ccn1. The molecule has 0 bridgehead atoms. The topological polar surface area (TPSA) is 114 Å². The lowest BCUT2D eigenvalue weighted by molar-refractivity contribution is 0.187. The molecule has 0 spiro atoms. The van der Waals surface area contributed by atoms with Crippen LogP contribution in [-0.4, -0.2) is 56.5 Å². The van der Waals surface area contributed by atoms with E-state index in [-0.39, 0.29) is 12.1 Å². The summed E-state index contributed by atoms with van der Waals surface area (Å²) in [6.07, 6.45) is 4.59. The molecule has 0 unspecified atom stereocenters. The van der Waals surface area contributed by atoms with Crippen molar-refractivity contribution in [3.05, 3.63) is 67.1 Å². The van der Waals surface area contributed by atoms with Gasteiger partial charge in [-0.2, -0.15) is 5.10 Å². The Hall–Kier alpha value is -4.47. The average molecular weight is 472 g/mol. The molecule has 1 aliphatic rings. The number of pyridine rings is 1. The number of hydrogen-bond acceptors (Lipinski definition) is 6. The van der Waals surface area contributed by atoms with Gasteiger partial charge in [0, 0.05) is 29.7 Å². The van der Waals surface area contributed by atoms with Gasteiger partial charge in [0.05, 0.1) is 19.3 Å². The Morgan fingerprint density at radius 1 is 1.09 bits per heavy atom. The number of benzene rings is 2. The van der Waals surface area contributed by atoms with Crippen molar-refractivity contribution < 1.29 is 14.3 Å². The van der Waals surface area contributed by atoms with Gasteiger partial charge >= 0.3 is 12.1 Å². The quantitative estimate of drug-likeness (QED) is 0.414. The van der Waals surface area contributed by atoms with Crippen molar-refractivity contribution in [1.29, 1.82) is 0 Å². The Morgan fingerprint density at radius 2 is 1.91 bits per heavy atom. The number of hydrogen-bond donors (Lipinski definition) is 2. The Morgan fingerprint density at radius 3 is 2.74 bits per heavy atom. The molecule has 2 aromatic carbocycles. The van der Waals surface area contributed by atoms with Crippen molar-refractivity contribution in [1.82, 2.24) is 24.6 Å². The number of carbonyl (C=O) groups is 2. The summed E-state index contributed by atoms with van der Waals surface area (Å²) < 4.78 is 6.31. The highest BCUT2D eigenvalue weighted by Crippen LogP contribution is 2.29. The molecule has 10 heteroatoms. The van der Waals surface area contributed by atoms with Crippen LogP contribution in [0.25, 0.3) is 22.2 Å². The standard InChI is InChI=1S/C25H25N7O3/c1-35-25(34)29-22-15-18(11-12-26-22)23-27-16-31(30-23)13-14-32(19-9-10-19)24(33)28-21-8-4-6-17-5-2-3-7-20(17)21/h2-8,11-12,15-16,19H,9-10,13-14H2,1H3,(H,28,33)(H,26,29,34). The number of rotatable bonds is 7. The highest BCUT2D eigenvalue weighted by molar-refractivity contribution is 6.01. The molecule has 178 valence electrons. The molecule has 10 nitrogen and oxygen atoms in total. The number of urea groups is 1. The second-order valence-corrected chi connectivity index (χ2v) is 8.26. The van der Waals surface area contributed by atoms with E-state index in [1.807, 2.05) is 47.4 Å². The summed E-state index contributed by atoms with van der Waals surface area (Å²) in [6.45, 7) is 1.01. The second kappa shape index (κ2) is 9.80. The number of methoxy groups -OCH3 is 1. The molecule has 1 saturated carbocycles. The monoisotopic (exact) mass is 471 g/mol. The molecule has 0 atom stereocenters. The van der Waals surface area contributed by atoms with Gasteiger partial charge < -0.3 is 15.0 Å². The predicted octanol–water partition coefficient (Wildman–Crippen LogP) is 4.37. The fourth-order valence-corrected chi connectivity index (χ4v) is 3.90. The van der Waals surface area contributed by atoms with Gasteiger partial charge in [-0.15, -0.1) is 0 Å². The summed E-state index contributed by atoms with van der Waals surface area (Å²) in [5.74, 6) is 0.842. The van der Waals surface area contributed by atoms with Crippen molar-refractivity contribution in [3.63, 3.8) is 0 Å². The number of fused-ring (bicyclic) bond motifs is 1. The van der Waals surface area contributed by atoms with E-state index in [0.29, 0.717) is 30.3 Å². The number of carbonyl (C=O) groups excluding carboxylic acids is 2. The Kier molecular flexibility index (Phi) is 6.25. The Bertz CT molecular complexity index is 1360. The molecule has 35 heavy (non-hydrogen) atoms. The van der Waals surface area contributed by atoms with Gasteiger partial charge in [0.15, 0.2) is 5.82 Å². The molecule has 2 N–H and O–H groups in total. The molecule has 3 amide bonds. The van der Waals surface area contributed by atoms with Crippen LogP contribution in [0.4, 0.5) is 21.1 Å². The third-order valence-electron chi connectivity index (χ3n) is 5.82. The smallest absolute Gasteiger partial charge is 0.412 e. The fourth-order valence-electron chi connectivity index (χ4n) is 3.90. The molecule has 1 fully saturated rings. The molecule has 2 aromatic heterocycles. The number of nitrogens with zero attached hydrogens (tertiary/aromatic N) is 5. The van der Waals surface area contributed by atoms with E-state index in [0.717, 1.165) is 29.3 Å². The normalized spacial score (nSPS) is 12.8. The van der Waals surface area contributed by atoms with Crippen LogP contribution >= 0.6 is 0 Å². The van der Waals surface area contributed by atoms with E-state index in [2.05, 4.69) is 30.4 Å². The van der Waals surface area contributed by atoms with Crippen molar-refractivity contribution in [2.75, 3.05) is 24.3 Å². The minimum absolute atomic E-state index is 0.114. The summed E-state index contributed by atoms with van der Waals surface area (Å²) >= 11 is 0. The maximum Gasteiger partial charge on any atom is 0.412 e.